The highest BCUT2D eigenvalue weighted by Gasteiger charge is 2.12. The summed E-state index contributed by atoms with van der Waals surface area (Å²) in [6.07, 6.45) is -0.461. The maximum Gasteiger partial charge on any atom is 0.339 e. The van der Waals surface area contributed by atoms with Crippen LogP contribution in [0.25, 0.3) is 11.0 Å². The van der Waals surface area contributed by atoms with Crippen molar-refractivity contribution in [1.29, 1.82) is 0 Å². The van der Waals surface area contributed by atoms with Crippen LogP contribution in [0.4, 0.5) is 0 Å². The first kappa shape index (κ1) is 12.6. The summed E-state index contributed by atoms with van der Waals surface area (Å²) in [6.45, 7) is 0. The number of aliphatic hydroxyl groups is 1. The molecule has 0 amide bonds. The SMILES string of the molecule is O=c1oc2ccccc2cc1CC(O)c1ccccc1. The van der Waals surface area contributed by atoms with E-state index in [1.54, 1.807) is 12.1 Å². The largest absolute Gasteiger partial charge is 0.423 e. The molecule has 1 N–H and O–H groups in total. The summed E-state index contributed by atoms with van der Waals surface area (Å²) >= 11 is 0. The van der Waals surface area contributed by atoms with E-state index in [1.165, 1.54) is 0 Å². The van der Waals surface area contributed by atoms with Crippen molar-refractivity contribution >= 4 is 11.0 Å². The van der Waals surface area contributed by atoms with Crippen LogP contribution in [0.5, 0.6) is 0 Å². The minimum atomic E-state index is -0.708. The molecule has 20 heavy (non-hydrogen) atoms. The number of aliphatic hydroxyl groups excluding tert-OH is 1. The van der Waals surface area contributed by atoms with Gasteiger partial charge in [-0.15, -0.1) is 0 Å². The molecule has 0 spiro atoms. The predicted octanol–water partition coefficient (Wildman–Crippen LogP) is 3.07. The fourth-order valence-electron chi connectivity index (χ4n) is 2.25. The first-order valence-electron chi connectivity index (χ1n) is 6.49. The first-order chi connectivity index (χ1) is 9.74. The smallest absolute Gasteiger partial charge is 0.339 e. The van der Waals surface area contributed by atoms with E-state index in [0.717, 1.165) is 10.9 Å². The highest BCUT2D eigenvalue weighted by Crippen LogP contribution is 2.19. The van der Waals surface area contributed by atoms with E-state index >= 15 is 0 Å². The molecule has 3 nitrogen and oxygen atoms in total. The van der Waals surface area contributed by atoms with Crippen molar-refractivity contribution in [3.63, 3.8) is 0 Å². The molecule has 0 aliphatic heterocycles. The molecule has 0 radical (unpaired) electrons. The summed E-state index contributed by atoms with van der Waals surface area (Å²) in [7, 11) is 0. The highest BCUT2D eigenvalue weighted by atomic mass is 16.4. The Bertz CT molecular complexity index is 775. The van der Waals surface area contributed by atoms with Crippen LogP contribution >= 0.6 is 0 Å². The van der Waals surface area contributed by atoms with Gasteiger partial charge in [0.15, 0.2) is 0 Å². The van der Waals surface area contributed by atoms with E-state index in [9.17, 15) is 9.90 Å². The lowest BCUT2D eigenvalue weighted by molar-refractivity contribution is 0.177. The van der Waals surface area contributed by atoms with Crippen LogP contribution in [-0.2, 0) is 6.42 Å². The molecule has 3 rings (SSSR count). The van der Waals surface area contributed by atoms with Crippen LogP contribution in [-0.4, -0.2) is 5.11 Å². The number of para-hydroxylation sites is 1. The van der Waals surface area contributed by atoms with Gasteiger partial charge in [-0.2, -0.15) is 0 Å². The number of rotatable bonds is 3. The third-order valence-corrected chi connectivity index (χ3v) is 3.31. The van der Waals surface area contributed by atoms with Crippen LogP contribution < -0.4 is 5.63 Å². The van der Waals surface area contributed by atoms with Gasteiger partial charge < -0.3 is 9.52 Å². The Hall–Kier alpha value is -2.39. The quantitative estimate of drug-likeness (QED) is 0.741. The van der Waals surface area contributed by atoms with Crippen molar-refractivity contribution in [1.82, 2.24) is 0 Å². The Balaban J connectivity index is 1.95. The minimum absolute atomic E-state index is 0.247. The van der Waals surface area contributed by atoms with Crippen LogP contribution in [0, 0.1) is 0 Å². The molecular weight excluding hydrogens is 252 g/mol. The molecule has 1 aromatic heterocycles. The number of hydrogen-bond acceptors (Lipinski definition) is 3. The molecule has 3 aromatic rings. The molecule has 0 saturated heterocycles. The Morgan fingerprint density at radius 2 is 1.70 bits per heavy atom. The van der Waals surface area contributed by atoms with E-state index in [0.29, 0.717) is 11.1 Å². The lowest BCUT2D eigenvalue weighted by Crippen LogP contribution is -2.11. The molecule has 1 heterocycles. The van der Waals surface area contributed by atoms with E-state index in [1.807, 2.05) is 48.5 Å². The van der Waals surface area contributed by atoms with Gasteiger partial charge in [-0.3, -0.25) is 0 Å². The van der Waals surface area contributed by atoms with Crippen LogP contribution in [0.3, 0.4) is 0 Å². The molecule has 0 bridgehead atoms. The topological polar surface area (TPSA) is 50.4 Å². The number of hydrogen-bond donors (Lipinski definition) is 1. The average molecular weight is 266 g/mol. The van der Waals surface area contributed by atoms with E-state index in [2.05, 4.69) is 0 Å². The summed E-state index contributed by atoms with van der Waals surface area (Å²) < 4.78 is 5.26. The lowest BCUT2D eigenvalue weighted by Gasteiger charge is -2.10. The fraction of sp³-hybridized carbons (Fsp3) is 0.118. The Kier molecular flexibility index (Phi) is 3.35. The second-order valence-corrected chi connectivity index (χ2v) is 4.73. The van der Waals surface area contributed by atoms with Crippen LogP contribution in [0.15, 0.2) is 69.9 Å². The fourth-order valence-corrected chi connectivity index (χ4v) is 2.25. The molecule has 3 heteroatoms. The molecule has 1 atom stereocenters. The summed E-state index contributed by atoms with van der Waals surface area (Å²) in [6, 6.07) is 18.4. The maximum absolute atomic E-state index is 11.9. The lowest BCUT2D eigenvalue weighted by atomic mass is 10.0. The number of benzene rings is 2. The third-order valence-electron chi connectivity index (χ3n) is 3.31. The second kappa shape index (κ2) is 5.31. The summed E-state index contributed by atoms with van der Waals surface area (Å²) in [5, 5.41) is 11.1. The molecule has 0 fully saturated rings. The first-order valence-corrected chi connectivity index (χ1v) is 6.49. The van der Waals surface area contributed by atoms with Gasteiger partial charge in [0.25, 0.3) is 0 Å². The highest BCUT2D eigenvalue weighted by molar-refractivity contribution is 5.76. The zero-order chi connectivity index (χ0) is 13.9. The molecule has 1 unspecified atom stereocenters. The van der Waals surface area contributed by atoms with Crippen molar-refractivity contribution in [2.45, 2.75) is 12.5 Å². The Labute approximate surface area is 116 Å². The summed E-state index contributed by atoms with van der Waals surface area (Å²) in [5.74, 6) is 0. The maximum atomic E-state index is 11.9. The second-order valence-electron chi connectivity index (χ2n) is 4.73. The van der Waals surface area contributed by atoms with Crippen molar-refractivity contribution in [2.75, 3.05) is 0 Å². The van der Waals surface area contributed by atoms with E-state index in [-0.39, 0.29) is 6.42 Å². The minimum Gasteiger partial charge on any atom is -0.423 e. The van der Waals surface area contributed by atoms with Crippen molar-refractivity contribution in [3.8, 4) is 0 Å². The van der Waals surface area contributed by atoms with Gasteiger partial charge >= 0.3 is 5.63 Å². The zero-order valence-electron chi connectivity index (χ0n) is 10.8. The molecular formula is C17H14O3. The van der Waals surface area contributed by atoms with E-state index < -0.39 is 11.7 Å². The summed E-state index contributed by atoms with van der Waals surface area (Å²) in [4.78, 5) is 11.9. The van der Waals surface area contributed by atoms with Gasteiger partial charge in [0.1, 0.15) is 5.58 Å². The number of fused-ring (bicyclic) bond motifs is 1. The standard InChI is InChI=1S/C17H14O3/c18-15(12-6-2-1-3-7-12)11-14-10-13-8-4-5-9-16(13)20-17(14)19/h1-10,15,18H,11H2. The van der Waals surface area contributed by atoms with Gasteiger partial charge in [-0.25, -0.2) is 4.79 Å². The van der Waals surface area contributed by atoms with E-state index in [4.69, 9.17) is 4.42 Å². The Morgan fingerprint density at radius 3 is 2.50 bits per heavy atom. The van der Waals surface area contributed by atoms with Crippen LogP contribution in [0.1, 0.15) is 17.2 Å². The van der Waals surface area contributed by atoms with Crippen molar-refractivity contribution in [2.24, 2.45) is 0 Å². The molecule has 0 aliphatic carbocycles. The monoisotopic (exact) mass is 266 g/mol. The van der Waals surface area contributed by atoms with Crippen molar-refractivity contribution in [3.05, 3.63) is 82.2 Å². The third kappa shape index (κ3) is 2.49. The molecule has 100 valence electrons. The van der Waals surface area contributed by atoms with Gasteiger partial charge in [0, 0.05) is 17.4 Å². The van der Waals surface area contributed by atoms with Gasteiger partial charge in [0.05, 0.1) is 6.10 Å². The molecule has 2 aromatic carbocycles. The normalized spacial score (nSPS) is 12.4. The van der Waals surface area contributed by atoms with Gasteiger partial charge in [-0.05, 0) is 17.7 Å². The van der Waals surface area contributed by atoms with Crippen molar-refractivity contribution < 1.29 is 9.52 Å². The van der Waals surface area contributed by atoms with Gasteiger partial charge in [0.2, 0.25) is 0 Å². The molecule has 0 aliphatic rings. The van der Waals surface area contributed by atoms with Gasteiger partial charge in [-0.1, -0.05) is 48.5 Å². The zero-order valence-corrected chi connectivity index (χ0v) is 10.8. The predicted molar refractivity (Wildman–Crippen MR) is 77.6 cm³/mol. The van der Waals surface area contributed by atoms with Crippen LogP contribution in [0.2, 0.25) is 0 Å². The summed E-state index contributed by atoms with van der Waals surface area (Å²) in [5.41, 5.74) is 1.45. The Morgan fingerprint density at radius 1 is 1.00 bits per heavy atom. The molecule has 0 saturated carbocycles. The average Bonchev–Trinajstić information content (AvgIpc) is 2.49.